The number of nitrogens with one attached hydrogen (secondary N) is 1. The largest absolute Gasteiger partial charge is 0.350 e. The normalized spacial score (nSPS) is 12.5. The minimum Gasteiger partial charge on any atom is -0.350 e. The summed E-state index contributed by atoms with van der Waals surface area (Å²) in [6, 6.07) is 9.69. The van der Waals surface area contributed by atoms with Crippen molar-refractivity contribution in [3.05, 3.63) is 65.7 Å². The fourth-order valence-electron chi connectivity index (χ4n) is 2.35. The summed E-state index contributed by atoms with van der Waals surface area (Å²) >= 11 is 0. The molecule has 0 spiro atoms. The van der Waals surface area contributed by atoms with Crippen molar-refractivity contribution in [1.29, 1.82) is 0 Å². The lowest BCUT2D eigenvalue weighted by atomic mass is 10.2. The monoisotopic (exact) mass is 368 g/mol. The number of hydrogen-bond acceptors (Lipinski definition) is 3. The average Bonchev–Trinajstić information content (AvgIpc) is 2.54. The summed E-state index contributed by atoms with van der Waals surface area (Å²) in [6.45, 7) is 1.46. The van der Waals surface area contributed by atoms with Crippen LogP contribution < -0.4 is 9.62 Å². The number of para-hydroxylation sites is 1. The van der Waals surface area contributed by atoms with E-state index < -0.39 is 33.6 Å². The number of benzene rings is 2. The second-order valence-corrected chi connectivity index (χ2v) is 7.39. The number of sulfonamides is 1. The number of carbonyl (C=O) groups is 1. The third-order valence-corrected chi connectivity index (χ3v) is 4.79. The van der Waals surface area contributed by atoms with Crippen LogP contribution in [-0.2, 0) is 21.4 Å². The number of anilines is 1. The quantitative estimate of drug-likeness (QED) is 0.852. The van der Waals surface area contributed by atoms with Gasteiger partial charge in [-0.25, -0.2) is 17.2 Å². The van der Waals surface area contributed by atoms with E-state index in [1.54, 1.807) is 0 Å². The minimum absolute atomic E-state index is 0.0956. The molecule has 0 aliphatic carbocycles. The van der Waals surface area contributed by atoms with Crippen LogP contribution in [-0.4, -0.2) is 26.6 Å². The molecule has 134 valence electrons. The predicted octanol–water partition coefficient (Wildman–Crippen LogP) is 2.44. The summed E-state index contributed by atoms with van der Waals surface area (Å²) in [7, 11) is -3.89. The first-order valence-electron chi connectivity index (χ1n) is 7.46. The van der Waals surface area contributed by atoms with Crippen LogP contribution in [0.25, 0.3) is 0 Å². The molecular weight excluding hydrogens is 350 g/mol. The second-order valence-electron chi connectivity index (χ2n) is 5.53. The number of nitrogens with zero attached hydrogens (tertiary/aromatic N) is 1. The van der Waals surface area contributed by atoms with Crippen molar-refractivity contribution in [2.75, 3.05) is 10.6 Å². The Balaban J connectivity index is 2.19. The van der Waals surface area contributed by atoms with E-state index in [2.05, 4.69) is 5.32 Å². The van der Waals surface area contributed by atoms with Crippen molar-refractivity contribution in [3.63, 3.8) is 0 Å². The molecular formula is C17H18F2N2O3S. The molecule has 5 nitrogen and oxygen atoms in total. The number of halogens is 2. The summed E-state index contributed by atoms with van der Waals surface area (Å²) in [6.07, 6.45) is 0.906. The molecule has 0 aliphatic rings. The highest BCUT2D eigenvalue weighted by molar-refractivity contribution is 7.92. The van der Waals surface area contributed by atoms with Crippen molar-refractivity contribution >= 4 is 21.6 Å². The molecule has 2 aromatic rings. The van der Waals surface area contributed by atoms with E-state index in [-0.39, 0.29) is 12.2 Å². The Labute approximate surface area is 145 Å². The van der Waals surface area contributed by atoms with Crippen LogP contribution in [0.5, 0.6) is 0 Å². The number of amides is 1. The molecule has 2 aromatic carbocycles. The maximum Gasteiger partial charge on any atom is 0.243 e. The number of carbonyl (C=O) groups excluding carboxylic acids is 1. The molecule has 0 aromatic heterocycles. The van der Waals surface area contributed by atoms with Crippen molar-refractivity contribution in [2.45, 2.75) is 19.5 Å². The third kappa shape index (κ3) is 4.76. The van der Waals surface area contributed by atoms with Gasteiger partial charge in [-0.3, -0.25) is 9.10 Å². The lowest BCUT2D eigenvalue weighted by Gasteiger charge is -2.28. The maximum atomic E-state index is 14.0. The van der Waals surface area contributed by atoms with E-state index >= 15 is 0 Å². The van der Waals surface area contributed by atoms with Gasteiger partial charge in [0.15, 0.2) is 0 Å². The first kappa shape index (κ1) is 18.9. The van der Waals surface area contributed by atoms with Gasteiger partial charge in [0.2, 0.25) is 15.9 Å². The standard InChI is InChI=1S/C17H18F2N2O3S/c1-12(17(22)20-11-13-7-9-14(18)10-8-13)21(25(2,23)24)16-6-4-3-5-15(16)19/h3-10,12H,11H2,1-2H3,(H,20,22). The van der Waals surface area contributed by atoms with E-state index in [9.17, 15) is 22.0 Å². The SMILES string of the molecule is CC(C(=O)NCc1ccc(F)cc1)N(c1ccccc1F)S(C)(=O)=O. The number of rotatable bonds is 6. The van der Waals surface area contributed by atoms with E-state index in [1.165, 1.54) is 49.4 Å². The van der Waals surface area contributed by atoms with E-state index in [0.717, 1.165) is 16.6 Å². The Bertz CT molecular complexity index is 854. The van der Waals surface area contributed by atoms with Crippen molar-refractivity contribution in [3.8, 4) is 0 Å². The third-order valence-electron chi connectivity index (χ3n) is 3.56. The Morgan fingerprint density at radius 1 is 1.12 bits per heavy atom. The highest BCUT2D eigenvalue weighted by atomic mass is 32.2. The van der Waals surface area contributed by atoms with Crippen LogP contribution in [0.1, 0.15) is 12.5 Å². The van der Waals surface area contributed by atoms with Crippen molar-refractivity contribution in [1.82, 2.24) is 5.32 Å². The van der Waals surface area contributed by atoms with Crippen LogP contribution in [0.2, 0.25) is 0 Å². The van der Waals surface area contributed by atoms with Gasteiger partial charge < -0.3 is 5.32 Å². The molecule has 0 heterocycles. The predicted molar refractivity (Wildman–Crippen MR) is 91.4 cm³/mol. The molecule has 8 heteroatoms. The van der Waals surface area contributed by atoms with E-state index in [1.807, 2.05) is 0 Å². The van der Waals surface area contributed by atoms with Crippen LogP contribution >= 0.6 is 0 Å². The van der Waals surface area contributed by atoms with Gasteiger partial charge in [-0.2, -0.15) is 0 Å². The second kappa shape index (κ2) is 7.60. The van der Waals surface area contributed by atoms with Crippen LogP contribution in [0.4, 0.5) is 14.5 Å². The first-order valence-corrected chi connectivity index (χ1v) is 9.31. The maximum absolute atomic E-state index is 14.0. The molecule has 1 unspecified atom stereocenters. The zero-order chi connectivity index (χ0) is 18.6. The summed E-state index contributed by atoms with van der Waals surface area (Å²) in [5.41, 5.74) is 0.452. The van der Waals surface area contributed by atoms with Gasteiger partial charge in [0.25, 0.3) is 0 Å². The van der Waals surface area contributed by atoms with Crippen LogP contribution in [0, 0.1) is 11.6 Å². The summed E-state index contributed by atoms with van der Waals surface area (Å²) in [4.78, 5) is 12.3. The van der Waals surface area contributed by atoms with Gasteiger partial charge in [-0.05, 0) is 36.8 Å². The van der Waals surface area contributed by atoms with Crippen molar-refractivity contribution < 1.29 is 22.0 Å². The van der Waals surface area contributed by atoms with Gasteiger partial charge in [-0.1, -0.05) is 24.3 Å². The van der Waals surface area contributed by atoms with E-state index in [4.69, 9.17) is 0 Å². The molecule has 2 rings (SSSR count). The highest BCUT2D eigenvalue weighted by Gasteiger charge is 2.30. The smallest absolute Gasteiger partial charge is 0.243 e. The molecule has 1 amide bonds. The van der Waals surface area contributed by atoms with Gasteiger partial charge in [-0.15, -0.1) is 0 Å². The Kier molecular flexibility index (Phi) is 5.73. The van der Waals surface area contributed by atoms with E-state index in [0.29, 0.717) is 5.56 Å². The molecule has 0 bridgehead atoms. The van der Waals surface area contributed by atoms with Gasteiger partial charge >= 0.3 is 0 Å². The zero-order valence-electron chi connectivity index (χ0n) is 13.7. The van der Waals surface area contributed by atoms with Gasteiger partial charge in [0.1, 0.15) is 17.7 Å². The number of hydrogen-bond donors (Lipinski definition) is 1. The summed E-state index contributed by atoms with van der Waals surface area (Å²) in [5, 5.41) is 2.57. The fourth-order valence-corrected chi connectivity index (χ4v) is 3.53. The van der Waals surface area contributed by atoms with Gasteiger partial charge in [0.05, 0.1) is 11.9 Å². The molecule has 25 heavy (non-hydrogen) atoms. The molecule has 0 fully saturated rings. The first-order chi connectivity index (χ1) is 11.7. The van der Waals surface area contributed by atoms with Crippen LogP contribution in [0.15, 0.2) is 48.5 Å². The minimum atomic E-state index is -3.89. The summed E-state index contributed by atoms with van der Waals surface area (Å²) < 4.78 is 51.8. The fraction of sp³-hybridized carbons (Fsp3) is 0.235. The molecule has 1 N–H and O–H groups in total. The molecule has 0 aliphatic heterocycles. The zero-order valence-corrected chi connectivity index (χ0v) is 14.6. The van der Waals surface area contributed by atoms with Gasteiger partial charge in [0, 0.05) is 6.54 Å². The van der Waals surface area contributed by atoms with Crippen LogP contribution in [0.3, 0.4) is 0 Å². The topological polar surface area (TPSA) is 66.5 Å². The lowest BCUT2D eigenvalue weighted by molar-refractivity contribution is -0.122. The molecule has 1 atom stereocenters. The molecule has 0 saturated heterocycles. The Hall–Kier alpha value is -2.48. The molecule has 0 radical (unpaired) electrons. The lowest BCUT2D eigenvalue weighted by Crippen LogP contribution is -2.48. The summed E-state index contributed by atoms with van der Waals surface area (Å²) in [5.74, 6) is -1.74. The Morgan fingerprint density at radius 3 is 2.28 bits per heavy atom. The molecule has 0 saturated carbocycles. The Morgan fingerprint density at radius 2 is 1.72 bits per heavy atom. The highest BCUT2D eigenvalue weighted by Crippen LogP contribution is 2.24. The van der Waals surface area contributed by atoms with Crippen molar-refractivity contribution in [2.24, 2.45) is 0 Å². The average molecular weight is 368 g/mol.